The fraction of sp³-hybridized carbons (Fsp3) is 0.143. The van der Waals surface area contributed by atoms with Gasteiger partial charge in [-0.3, -0.25) is 0 Å². The van der Waals surface area contributed by atoms with E-state index in [1.165, 1.54) is 21.9 Å². The Balaban J connectivity index is 1.47. The van der Waals surface area contributed by atoms with E-state index in [1.54, 1.807) is 0 Å². The van der Waals surface area contributed by atoms with Crippen LogP contribution in [0.2, 0.25) is 0 Å². The van der Waals surface area contributed by atoms with Crippen molar-refractivity contribution in [3.8, 4) is 11.5 Å². The summed E-state index contributed by atoms with van der Waals surface area (Å²) >= 11 is 0. The Morgan fingerprint density at radius 3 is 2.39 bits per heavy atom. The van der Waals surface area contributed by atoms with Gasteiger partial charge < -0.3 is 15.0 Å². The molecule has 1 aromatic heterocycles. The second-order valence-electron chi connectivity index (χ2n) is 8.91. The monoisotopic (exact) mass is 404 g/mol. The number of aryl methyl sites for hydroxylation is 1. The standard InChI is InChI=1S/C28H24N2O/c1-17-15-19-18-9-4-6-12-22(18)29-24(19)16-26(17)31-25-14-8-11-21-27(25)30-23-13-7-5-10-20(23)28(21,2)3/h4-16,29-30H,1-3H3. The quantitative estimate of drug-likeness (QED) is 0.315. The molecule has 152 valence electrons. The number of ether oxygens (including phenoxy) is 1. The minimum atomic E-state index is -0.104. The van der Waals surface area contributed by atoms with Gasteiger partial charge in [0.2, 0.25) is 0 Å². The van der Waals surface area contributed by atoms with Crippen LogP contribution < -0.4 is 10.1 Å². The first-order chi connectivity index (χ1) is 15.0. The third-order valence-electron chi connectivity index (χ3n) is 6.58. The molecule has 0 radical (unpaired) electrons. The predicted molar refractivity (Wildman–Crippen MR) is 129 cm³/mol. The van der Waals surface area contributed by atoms with Crippen LogP contribution >= 0.6 is 0 Å². The van der Waals surface area contributed by atoms with Crippen molar-refractivity contribution in [1.29, 1.82) is 0 Å². The number of anilines is 2. The molecule has 0 atom stereocenters. The van der Waals surface area contributed by atoms with Gasteiger partial charge in [0, 0.05) is 33.5 Å². The summed E-state index contributed by atoms with van der Waals surface area (Å²) in [6.45, 7) is 6.66. The number of benzene rings is 4. The van der Waals surface area contributed by atoms with Gasteiger partial charge in [-0.2, -0.15) is 0 Å². The lowest BCUT2D eigenvalue weighted by Crippen LogP contribution is -2.26. The topological polar surface area (TPSA) is 37.0 Å². The highest BCUT2D eigenvalue weighted by atomic mass is 16.5. The predicted octanol–water partition coefficient (Wildman–Crippen LogP) is 7.80. The van der Waals surface area contributed by atoms with E-state index in [-0.39, 0.29) is 5.41 Å². The lowest BCUT2D eigenvalue weighted by Gasteiger charge is -2.36. The van der Waals surface area contributed by atoms with E-state index < -0.39 is 0 Å². The largest absolute Gasteiger partial charge is 0.455 e. The molecule has 0 unspecified atom stereocenters. The molecule has 6 rings (SSSR count). The van der Waals surface area contributed by atoms with Crippen LogP contribution in [0.3, 0.4) is 0 Å². The van der Waals surface area contributed by atoms with Gasteiger partial charge in [-0.1, -0.05) is 62.4 Å². The van der Waals surface area contributed by atoms with E-state index in [0.717, 1.165) is 39.5 Å². The molecule has 1 aliphatic heterocycles. The van der Waals surface area contributed by atoms with Crippen LogP contribution in [0.25, 0.3) is 21.8 Å². The van der Waals surface area contributed by atoms with E-state index >= 15 is 0 Å². The zero-order valence-corrected chi connectivity index (χ0v) is 17.9. The van der Waals surface area contributed by atoms with Crippen LogP contribution in [0.15, 0.2) is 78.9 Å². The number of rotatable bonds is 2. The number of aromatic nitrogens is 1. The SMILES string of the molecule is Cc1cc2c(cc1Oc1cccc3c1Nc1ccccc1C3(C)C)[nH]c1ccccc12. The maximum atomic E-state index is 6.54. The molecule has 0 spiro atoms. The van der Waals surface area contributed by atoms with Crippen LogP contribution in [0.4, 0.5) is 11.4 Å². The molecule has 2 N–H and O–H groups in total. The average Bonchev–Trinajstić information content (AvgIpc) is 3.12. The van der Waals surface area contributed by atoms with Crippen LogP contribution in [0, 0.1) is 6.92 Å². The lowest BCUT2D eigenvalue weighted by molar-refractivity contribution is 0.479. The molecule has 2 heterocycles. The van der Waals surface area contributed by atoms with Crippen molar-refractivity contribution >= 4 is 33.2 Å². The Labute approximate surface area is 181 Å². The Morgan fingerprint density at radius 1 is 0.710 bits per heavy atom. The Bertz CT molecular complexity index is 1480. The number of H-pyrrole nitrogens is 1. The lowest BCUT2D eigenvalue weighted by atomic mass is 9.74. The highest BCUT2D eigenvalue weighted by molar-refractivity contribution is 6.07. The van der Waals surface area contributed by atoms with Gasteiger partial charge >= 0.3 is 0 Å². The van der Waals surface area contributed by atoms with Crippen molar-refractivity contribution in [2.45, 2.75) is 26.2 Å². The summed E-state index contributed by atoms with van der Waals surface area (Å²) in [5.41, 5.74) is 7.97. The third-order valence-corrected chi connectivity index (χ3v) is 6.58. The highest BCUT2D eigenvalue weighted by Crippen LogP contribution is 2.49. The summed E-state index contributed by atoms with van der Waals surface area (Å²) < 4.78 is 6.54. The van der Waals surface area contributed by atoms with Crippen molar-refractivity contribution in [3.05, 3.63) is 95.6 Å². The minimum absolute atomic E-state index is 0.104. The first-order valence-corrected chi connectivity index (χ1v) is 10.7. The van der Waals surface area contributed by atoms with E-state index in [1.807, 2.05) is 6.07 Å². The van der Waals surface area contributed by atoms with Crippen LogP contribution in [0.5, 0.6) is 11.5 Å². The van der Waals surface area contributed by atoms with Crippen molar-refractivity contribution in [2.75, 3.05) is 5.32 Å². The molecule has 0 fully saturated rings. The number of hydrogen-bond donors (Lipinski definition) is 2. The minimum Gasteiger partial charge on any atom is -0.455 e. The van der Waals surface area contributed by atoms with E-state index in [4.69, 9.17) is 4.74 Å². The van der Waals surface area contributed by atoms with E-state index in [9.17, 15) is 0 Å². The molecule has 0 aliphatic carbocycles. The summed E-state index contributed by atoms with van der Waals surface area (Å²) in [7, 11) is 0. The fourth-order valence-corrected chi connectivity index (χ4v) is 4.90. The average molecular weight is 405 g/mol. The molecule has 1 aliphatic rings. The zero-order valence-electron chi connectivity index (χ0n) is 17.9. The molecule has 3 nitrogen and oxygen atoms in total. The number of nitrogens with one attached hydrogen (secondary N) is 2. The van der Waals surface area contributed by atoms with Crippen LogP contribution in [0.1, 0.15) is 30.5 Å². The maximum Gasteiger partial charge on any atom is 0.151 e. The number of fused-ring (bicyclic) bond motifs is 5. The van der Waals surface area contributed by atoms with Crippen molar-refractivity contribution in [3.63, 3.8) is 0 Å². The highest BCUT2D eigenvalue weighted by Gasteiger charge is 2.33. The van der Waals surface area contributed by atoms with Gasteiger partial charge in [0.1, 0.15) is 5.75 Å². The third kappa shape index (κ3) is 2.66. The number of aromatic amines is 1. The van der Waals surface area contributed by atoms with Gasteiger partial charge in [-0.05, 0) is 47.9 Å². The van der Waals surface area contributed by atoms with Gasteiger partial charge in [-0.25, -0.2) is 0 Å². The molecule has 5 aromatic rings. The van der Waals surface area contributed by atoms with Gasteiger partial charge in [0.05, 0.1) is 11.2 Å². The van der Waals surface area contributed by atoms with E-state index in [2.05, 4.69) is 104 Å². The Kier molecular flexibility index (Phi) is 3.73. The second-order valence-corrected chi connectivity index (χ2v) is 8.91. The van der Waals surface area contributed by atoms with Crippen molar-refractivity contribution in [1.82, 2.24) is 4.98 Å². The molecule has 4 aromatic carbocycles. The molecule has 31 heavy (non-hydrogen) atoms. The van der Waals surface area contributed by atoms with Crippen molar-refractivity contribution in [2.24, 2.45) is 0 Å². The smallest absolute Gasteiger partial charge is 0.151 e. The number of hydrogen-bond acceptors (Lipinski definition) is 2. The molecular formula is C28H24N2O. The first-order valence-electron chi connectivity index (χ1n) is 10.7. The molecule has 0 saturated carbocycles. The molecular weight excluding hydrogens is 380 g/mol. The Morgan fingerprint density at radius 2 is 1.48 bits per heavy atom. The summed E-state index contributed by atoms with van der Waals surface area (Å²) in [5.74, 6) is 1.71. The number of para-hydroxylation sites is 3. The fourth-order valence-electron chi connectivity index (χ4n) is 4.90. The van der Waals surface area contributed by atoms with E-state index in [0.29, 0.717) is 0 Å². The van der Waals surface area contributed by atoms with Gasteiger partial charge in [0.15, 0.2) is 5.75 Å². The van der Waals surface area contributed by atoms with Crippen molar-refractivity contribution < 1.29 is 4.74 Å². The second kappa shape index (κ2) is 6.39. The normalized spacial score (nSPS) is 14.2. The zero-order chi connectivity index (χ0) is 21.2. The molecule has 0 saturated heterocycles. The van der Waals surface area contributed by atoms with Gasteiger partial charge in [0.25, 0.3) is 0 Å². The van der Waals surface area contributed by atoms with Gasteiger partial charge in [-0.15, -0.1) is 0 Å². The summed E-state index contributed by atoms with van der Waals surface area (Å²) in [6, 6.07) is 27.6. The summed E-state index contributed by atoms with van der Waals surface area (Å²) in [5, 5.41) is 6.10. The molecule has 0 bridgehead atoms. The maximum absolute atomic E-state index is 6.54. The Hall–Kier alpha value is -3.72. The summed E-state index contributed by atoms with van der Waals surface area (Å²) in [4.78, 5) is 3.52. The van der Waals surface area contributed by atoms with Crippen LogP contribution in [-0.2, 0) is 5.41 Å². The molecule has 3 heteroatoms. The molecule has 0 amide bonds. The van der Waals surface area contributed by atoms with Crippen LogP contribution in [-0.4, -0.2) is 4.98 Å². The first kappa shape index (κ1) is 18.1. The summed E-state index contributed by atoms with van der Waals surface area (Å²) in [6.07, 6.45) is 0.